The van der Waals surface area contributed by atoms with E-state index in [-0.39, 0.29) is 11.6 Å². The zero-order valence-corrected chi connectivity index (χ0v) is 15.1. The second kappa shape index (κ2) is 7.38. The first kappa shape index (κ1) is 16.9. The van der Waals surface area contributed by atoms with Crippen molar-refractivity contribution in [3.8, 4) is 11.3 Å². The van der Waals surface area contributed by atoms with Crippen LogP contribution in [0.5, 0.6) is 0 Å². The highest BCUT2D eigenvalue weighted by molar-refractivity contribution is 5.62. The van der Waals surface area contributed by atoms with Crippen molar-refractivity contribution >= 4 is 0 Å². The molecule has 0 aliphatic carbocycles. The molecule has 0 saturated carbocycles. The number of hydrogen-bond acceptors (Lipinski definition) is 2. The topological polar surface area (TPSA) is 49.8 Å². The van der Waals surface area contributed by atoms with Crippen LogP contribution in [0.3, 0.4) is 0 Å². The second-order valence-electron chi connectivity index (χ2n) is 6.50. The van der Waals surface area contributed by atoms with Gasteiger partial charge in [-0.2, -0.15) is 4.79 Å². The zero-order valence-electron chi connectivity index (χ0n) is 15.1. The van der Waals surface area contributed by atoms with Crippen molar-refractivity contribution in [1.82, 2.24) is 9.89 Å². The van der Waals surface area contributed by atoms with Gasteiger partial charge in [0.2, 0.25) is 0 Å². The van der Waals surface area contributed by atoms with Gasteiger partial charge >= 0.3 is 0 Å². The lowest BCUT2D eigenvalue weighted by Crippen LogP contribution is -2.31. The fraction of sp³-hybridized carbons (Fsp3) is 0.0870. The fourth-order valence-corrected chi connectivity index (χ4v) is 3.26. The van der Waals surface area contributed by atoms with Crippen molar-refractivity contribution < 1.29 is 0 Å². The molecule has 0 atom stereocenters. The van der Waals surface area contributed by atoms with Gasteiger partial charge in [-0.1, -0.05) is 91.0 Å². The van der Waals surface area contributed by atoms with E-state index in [1.165, 1.54) is 4.79 Å². The summed E-state index contributed by atoms with van der Waals surface area (Å²) in [4.78, 5) is 14.3. The molecular formula is C23H21N3O. The molecule has 0 spiro atoms. The number of hydrogen-bond donors (Lipinski definition) is 2. The maximum Gasteiger partial charge on any atom is 0.289 e. The summed E-state index contributed by atoms with van der Waals surface area (Å²) >= 11 is 0. The summed E-state index contributed by atoms with van der Waals surface area (Å²) in [7, 11) is 0. The predicted molar refractivity (Wildman–Crippen MR) is 109 cm³/mol. The van der Waals surface area contributed by atoms with E-state index in [0.717, 1.165) is 22.4 Å². The van der Waals surface area contributed by atoms with Gasteiger partial charge in [0.25, 0.3) is 5.56 Å². The molecule has 0 aliphatic rings. The molecule has 1 aromatic heterocycles. The van der Waals surface area contributed by atoms with Gasteiger partial charge in [0.15, 0.2) is 0 Å². The van der Waals surface area contributed by atoms with Crippen LogP contribution in [0.15, 0.2) is 95.8 Å². The van der Waals surface area contributed by atoms with Crippen molar-refractivity contribution in [2.75, 3.05) is 5.43 Å². The lowest BCUT2D eigenvalue weighted by Gasteiger charge is -2.20. The van der Waals surface area contributed by atoms with Crippen LogP contribution < -0.4 is 11.0 Å². The summed E-state index contributed by atoms with van der Waals surface area (Å²) in [6.07, 6.45) is 0. The minimum atomic E-state index is -0.147. The number of nitrogens with one attached hydrogen (secondary N) is 2. The SMILES string of the molecule is Cc1c(-c2ccccc2)[nH]n(NC(c2ccccc2)c2ccccc2)c1=O. The molecule has 2 N–H and O–H groups in total. The van der Waals surface area contributed by atoms with Crippen LogP contribution in [-0.4, -0.2) is 9.89 Å². The fourth-order valence-electron chi connectivity index (χ4n) is 3.26. The molecule has 0 bridgehead atoms. The summed E-state index contributed by atoms with van der Waals surface area (Å²) in [6, 6.07) is 30.0. The van der Waals surface area contributed by atoms with Crippen LogP contribution in [0.2, 0.25) is 0 Å². The minimum absolute atomic E-state index is 0.0780. The molecule has 4 nitrogen and oxygen atoms in total. The molecule has 4 heteroatoms. The summed E-state index contributed by atoms with van der Waals surface area (Å²) < 4.78 is 0. The summed E-state index contributed by atoms with van der Waals surface area (Å²) in [5, 5.41) is 3.23. The van der Waals surface area contributed by atoms with E-state index in [0.29, 0.717) is 5.56 Å². The Kier molecular flexibility index (Phi) is 4.62. The number of H-pyrrole nitrogens is 1. The average molecular weight is 355 g/mol. The minimum Gasteiger partial charge on any atom is -0.296 e. The Labute approximate surface area is 158 Å². The summed E-state index contributed by atoms with van der Waals surface area (Å²) in [5.74, 6) is 0. The molecule has 0 amide bonds. The van der Waals surface area contributed by atoms with Crippen LogP contribution in [0.25, 0.3) is 11.3 Å². The van der Waals surface area contributed by atoms with Crippen molar-refractivity contribution in [3.05, 3.63) is 118 Å². The highest BCUT2D eigenvalue weighted by Gasteiger charge is 2.17. The first-order valence-electron chi connectivity index (χ1n) is 8.97. The third-order valence-electron chi connectivity index (χ3n) is 4.71. The first-order chi connectivity index (χ1) is 13.2. The number of nitrogens with zero attached hydrogens (tertiary/aromatic N) is 1. The van der Waals surface area contributed by atoms with Gasteiger partial charge in [-0.05, 0) is 23.6 Å². The lowest BCUT2D eigenvalue weighted by molar-refractivity contribution is 0.663. The quantitative estimate of drug-likeness (QED) is 0.554. The normalized spacial score (nSPS) is 10.9. The van der Waals surface area contributed by atoms with Gasteiger partial charge in [-0.25, -0.2) is 0 Å². The van der Waals surface area contributed by atoms with Gasteiger partial charge in [0, 0.05) is 5.56 Å². The van der Waals surface area contributed by atoms with Crippen LogP contribution in [0.1, 0.15) is 22.7 Å². The standard InChI is InChI=1S/C23H21N3O/c1-17-21(18-11-5-2-6-12-18)24-26(23(17)27)25-22(19-13-7-3-8-14-19)20-15-9-4-10-16-20/h2-16,22,24-25H,1H3. The number of aromatic nitrogens is 2. The molecular weight excluding hydrogens is 334 g/mol. The first-order valence-corrected chi connectivity index (χ1v) is 8.97. The molecule has 134 valence electrons. The highest BCUT2D eigenvalue weighted by atomic mass is 16.1. The molecule has 4 aromatic rings. The number of aromatic amines is 1. The predicted octanol–water partition coefficient (Wildman–Crippen LogP) is 4.48. The van der Waals surface area contributed by atoms with Crippen LogP contribution in [0.4, 0.5) is 0 Å². The van der Waals surface area contributed by atoms with Gasteiger partial charge in [-0.15, -0.1) is 0 Å². The Balaban J connectivity index is 1.76. The van der Waals surface area contributed by atoms with Crippen LogP contribution in [0, 0.1) is 6.92 Å². The molecule has 27 heavy (non-hydrogen) atoms. The molecule has 1 heterocycles. The lowest BCUT2D eigenvalue weighted by atomic mass is 9.99. The van der Waals surface area contributed by atoms with E-state index in [2.05, 4.69) is 34.8 Å². The van der Waals surface area contributed by atoms with Crippen molar-refractivity contribution in [2.45, 2.75) is 13.0 Å². The zero-order chi connectivity index (χ0) is 18.6. The van der Waals surface area contributed by atoms with Gasteiger partial charge in [-0.3, -0.25) is 15.3 Å². The third-order valence-corrected chi connectivity index (χ3v) is 4.71. The van der Waals surface area contributed by atoms with E-state index in [9.17, 15) is 4.79 Å². The Morgan fingerprint density at radius 1 is 0.778 bits per heavy atom. The van der Waals surface area contributed by atoms with E-state index < -0.39 is 0 Å². The van der Waals surface area contributed by atoms with E-state index in [1.54, 1.807) is 0 Å². The monoisotopic (exact) mass is 355 g/mol. The summed E-state index contributed by atoms with van der Waals surface area (Å²) in [6.45, 7) is 1.85. The Morgan fingerprint density at radius 2 is 1.26 bits per heavy atom. The molecule has 0 radical (unpaired) electrons. The van der Waals surface area contributed by atoms with E-state index in [4.69, 9.17) is 0 Å². The number of rotatable bonds is 5. The van der Waals surface area contributed by atoms with E-state index >= 15 is 0 Å². The molecule has 4 rings (SSSR count). The Hall–Kier alpha value is -3.53. The molecule has 0 unspecified atom stereocenters. The highest BCUT2D eigenvalue weighted by Crippen LogP contribution is 2.23. The van der Waals surface area contributed by atoms with E-state index in [1.807, 2.05) is 73.7 Å². The third kappa shape index (κ3) is 3.42. The molecule has 0 fully saturated rings. The average Bonchev–Trinajstić information content (AvgIpc) is 3.02. The maximum atomic E-state index is 12.8. The summed E-state index contributed by atoms with van der Waals surface area (Å²) in [5.41, 5.74) is 7.96. The second-order valence-corrected chi connectivity index (χ2v) is 6.50. The van der Waals surface area contributed by atoms with Crippen LogP contribution >= 0.6 is 0 Å². The van der Waals surface area contributed by atoms with Crippen molar-refractivity contribution in [2.24, 2.45) is 0 Å². The maximum absolute atomic E-state index is 12.8. The van der Waals surface area contributed by atoms with Crippen molar-refractivity contribution in [1.29, 1.82) is 0 Å². The molecule has 3 aromatic carbocycles. The van der Waals surface area contributed by atoms with Gasteiger partial charge in [0.1, 0.15) is 0 Å². The van der Waals surface area contributed by atoms with Gasteiger partial charge < -0.3 is 0 Å². The number of benzene rings is 3. The Bertz CT molecular complexity index is 1030. The van der Waals surface area contributed by atoms with Gasteiger partial charge in [0.05, 0.1) is 11.7 Å². The van der Waals surface area contributed by atoms with Crippen LogP contribution in [-0.2, 0) is 0 Å². The largest absolute Gasteiger partial charge is 0.296 e. The molecule has 0 aliphatic heterocycles. The Morgan fingerprint density at radius 3 is 1.78 bits per heavy atom. The smallest absolute Gasteiger partial charge is 0.289 e. The van der Waals surface area contributed by atoms with Crippen molar-refractivity contribution in [3.63, 3.8) is 0 Å². The molecule has 0 saturated heterocycles.